The van der Waals surface area contributed by atoms with E-state index in [1.165, 1.54) is 25.7 Å². The van der Waals surface area contributed by atoms with Gasteiger partial charge in [0, 0.05) is 20.8 Å². The van der Waals surface area contributed by atoms with Crippen molar-refractivity contribution in [2.24, 2.45) is 0 Å². The van der Waals surface area contributed by atoms with Gasteiger partial charge >= 0.3 is 49.4 Å². The maximum atomic E-state index is 7.00. The van der Waals surface area contributed by atoms with E-state index in [1.807, 2.05) is 6.08 Å². The van der Waals surface area contributed by atoms with Crippen molar-refractivity contribution in [2.75, 3.05) is 27.4 Å². The van der Waals surface area contributed by atoms with Gasteiger partial charge in [0.1, 0.15) is 0 Å². The number of hydrogen-bond donors (Lipinski definition) is 1. The first-order chi connectivity index (χ1) is 9.35. The van der Waals surface area contributed by atoms with E-state index in [2.05, 4.69) is 40.0 Å². The summed E-state index contributed by atoms with van der Waals surface area (Å²) in [6.07, 6.45) is 9.79. The van der Waals surface area contributed by atoms with Crippen LogP contribution >= 0.6 is 40.0 Å². The van der Waals surface area contributed by atoms with Crippen LogP contribution in [0.4, 0.5) is 0 Å². The molecule has 7 heteroatoms. The van der Waals surface area contributed by atoms with Gasteiger partial charge in [0.25, 0.3) is 0 Å². The molecule has 0 aromatic carbocycles. The van der Waals surface area contributed by atoms with E-state index >= 15 is 0 Å². The molecule has 4 nitrogen and oxygen atoms in total. The molecule has 115 valence electrons. The summed E-state index contributed by atoms with van der Waals surface area (Å²) in [6, 6.07) is 0. The minimum atomic E-state index is 0.0868. The molecule has 0 radical (unpaired) electrons. The molecule has 1 fully saturated rings. The number of aliphatic hydroxyl groups excluding tert-OH is 1. The monoisotopic (exact) mass is 537 g/mol. The summed E-state index contributed by atoms with van der Waals surface area (Å²) in [4.78, 5) is 0. The molecule has 1 atom stereocenters. The molecule has 0 spiro atoms. The number of ether oxygens (including phenoxy) is 3. The molecule has 0 saturated carbocycles. The molecule has 2 rings (SSSR count). The quantitative estimate of drug-likeness (QED) is 0.517. The molecule has 0 amide bonds. The molecule has 0 aliphatic carbocycles. The van der Waals surface area contributed by atoms with Gasteiger partial charge in [-0.1, -0.05) is 0 Å². The van der Waals surface area contributed by atoms with Crippen molar-refractivity contribution >= 4 is 40.0 Å². The van der Waals surface area contributed by atoms with E-state index in [0.29, 0.717) is 9.47 Å². The van der Waals surface area contributed by atoms with Crippen LogP contribution in [0.15, 0.2) is 12.3 Å². The van der Waals surface area contributed by atoms with Gasteiger partial charge in [0.2, 0.25) is 0 Å². The van der Waals surface area contributed by atoms with E-state index < -0.39 is 0 Å². The van der Waals surface area contributed by atoms with Gasteiger partial charge < -0.3 is 19.3 Å². The van der Waals surface area contributed by atoms with Crippen molar-refractivity contribution in [2.45, 2.75) is 38.4 Å². The van der Waals surface area contributed by atoms with Crippen LogP contribution in [0, 0.1) is 0 Å². The van der Waals surface area contributed by atoms with Crippen LogP contribution < -0.4 is 0 Å². The first kappa shape index (κ1) is 22.7. The molecule has 0 aromatic rings. The SMILES string of the molecule is C1=COCCC1.CO.COC1CCCCO1.[I][V][I]. The van der Waals surface area contributed by atoms with Gasteiger partial charge in [-0.2, -0.15) is 0 Å². The van der Waals surface area contributed by atoms with Gasteiger partial charge in [-0.15, -0.1) is 0 Å². The second kappa shape index (κ2) is 21.8. The van der Waals surface area contributed by atoms with Crippen molar-refractivity contribution in [1.29, 1.82) is 0 Å². The second-order valence-electron chi connectivity index (χ2n) is 3.48. The molecule has 0 aromatic heterocycles. The van der Waals surface area contributed by atoms with E-state index in [1.54, 1.807) is 13.4 Å². The van der Waals surface area contributed by atoms with Crippen LogP contribution in [0.25, 0.3) is 0 Å². The number of halogens is 2. The topological polar surface area (TPSA) is 47.9 Å². The Kier molecular flexibility index (Phi) is 26.0. The van der Waals surface area contributed by atoms with Crippen LogP contribution in [-0.4, -0.2) is 38.8 Å². The summed E-state index contributed by atoms with van der Waals surface area (Å²) in [5.41, 5.74) is 0. The van der Waals surface area contributed by atoms with Crippen molar-refractivity contribution in [3.05, 3.63) is 12.3 Å². The molecule has 2 heterocycles. The van der Waals surface area contributed by atoms with Crippen LogP contribution in [0.5, 0.6) is 0 Å². The minimum absolute atomic E-state index is 0.0868. The van der Waals surface area contributed by atoms with Crippen LogP contribution in [0.3, 0.4) is 0 Å². The molecule has 2 aliphatic rings. The summed E-state index contributed by atoms with van der Waals surface area (Å²) in [6.45, 7) is 1.79. The summed E-state index contributed by atoms with van der Waals surface area (Å²) < 4.78 is 15.1. The van der Waals surface area contributed by atoms with Gasteiger partial charge in [0.15, 0.2) is 6.29 Å². The predicted molar refractivity (Wildman–Crippen MR) is 91.1 cm³/mol. The summed E-state index contributed by atoms with van der Waals surface area (Å²) in [7, 11) is 3.32. The number of hydrogen-bond acceptors (Lipinski definition) is 4. The summed E-state index contributed by atoms with van der Waals surface area (Å²) in [5.74, 6) is 0. The van der Waals surface area contributed by atoms with E-state index in [-0.39, 0.29) is 6.29 Å². The normalized spacial score (nSPS) is 20.2. The zero-order valence-corrected chi connectivity index (χ0v) is 17.3. The van der Waals surface area contributed by atoms with Crippen LogP contribution in [0.1, 0.15) is 32.1 Å². The van der Waals surface area contributed by atoms with Crippen molar-refractivity contribution in [3.63, 3.8) is 0 Å². The third kappa shape index (κ3) is 19.5. The molecule has 1 N–H and O–H groups in total. The van der Waals surface area contributed by atoms with Crippen molar-refractivity contribution < 1.29 is 28.8 Å². The second-order valence-corrected chi connectivity index (χ2v) is 15.3. The first-order valence-electron chi connectivity index (χ1n) is 6.13. The van der Waals surface area contributed by atoms with E-state index in [0.717, 1.165) is 26.7 Å². The Morgan fingerprint density at radius 2 is 1.89 bits per heavy atom. The number of allylic oxidation sites excluding steroid dienone is 1. The number of rotatable bonds is 1. The average Bonchev–Trinajstić information content (AvgIpc) is 2.53. The van der Waals surface area contributed by atoms with Crippen molar-refractivity contribution in [3.8, 4) is 0 Å². The first-order valence-corrected chi connectivity index (χ1v) is 15.1. The van der Waals surface area contributed by atoms with Gasteiger partial charge in [-0.05, 0) is 38.2 Å². The van der Waals surface area contributed by atoms with Gasteiger partial charge in [-0.3, -0.25) is 0 Å². The molecule has 2 aliphatic heterocycles. The Morgan fingerprint density at radius 1 is 1.21 bits per heavy atom. The van der Waals surface area contributed by atoms with E-state index in [9.17, 15) is 0 Å². The fraction of sp³-hybridized carbons (Fsp3) is 0.833. The van der Waals surface area contributed by atoms with Crippen LogP contribution in [-0.2, 0) is 23.7 Å². The fourth-order valence-corrected chi connectivity index (χ4v) is 1.39. The van der Waals surface area contributed by atoms with Crippen LogP contribution in [0.2, 0.25) is 0 Å². The standard InChI is InChI=1S/C6H12O2.C5H8O.CH4O.2HI.V/c1-7-6-4-2-3-5-8-6;1-2-4-6-5-3-1;1-2;;;/h6H,2-5H2,1H3;2,4H,1,3,5H2;2H,1H3;2*1H;/q;;;;;+2/p-2. The predicted octanol–water partition coefficient (Wildman–Crippen LogP) is 3.85. The fourth-order valence-electron chi connectivity index (χ4n) is 1.39. The van der Waals surface area contributed by atoms with Gasteiger partial charge in [-0.25, -0.2) is 0 Å². The van der Waals surface area contributed by atoms with E-state index in [4.69, 9.17) is 19.3 Å². The summed E-state index contributed by atoms with van der Waals surface area (Å²) in [5, 5.41) is 7.00. The van der Waals surface area contributed by atoms with Gasteiger partial charge in [0.05, 0.1) is 12.9 Å². The molecule has 19 heavy (non-hydrogen) atoms. The maximum absolute atomic E-state index is 7.00. The zero-order chi connectivity index (χ0) is 14.8. The molecule has 1 saturated heterocycles. The Hall–Kier alpha value is 1.46. The van der Waals surface area contributed by atoms with Crippen molar-refractivity contribution in [1.82, 2.24) is 0 Å². The third-order valence-electron chi connectivity index (χ3n) is 2.23. The molecular weight excluding hydrogens is 513 g/mol. The Bertz CT molecular complexity index is 171. The summed E-state index contributed by atoms with van der Waals surface area (Å²) >= 11 is 4.74. The third-order valence-corrected chi connectivity index (χ3v) is 2.23. The average molecular weight is 537 g/mol. The number of aliphatic hydroxyl groups is 1. The number of methoxy groups -OCH3 is 1. The molecule has 1 unspecified atom stereocenters. The molecule has 0 bridgehead atoms. The zero-order valence-electron chi connectivity index (χ0n) is 11.6. The Balaban J connectivity index is 0. The Morgan fingerprint density at radius 3 is 2.11 bits per heavy atom. The molecular formula is C12H24I2O4V. The Labute approximate surface area is 145 Å².